The number of rotatable bonds is 2. The third kappa shape index (κ3) is 1.30. The molecule has 1 heterocycles. The van der Waals surface area contributed by atoms with Crippen molar-refractivity contribution in [3.8, 4) is 0 Å². The van der Waals surface area contributed by atoms with E-state index in [1.165, 1.54) is 24.1 Å². The summed E-state index contributed by atoms with van der Waals surface area (Å²) < 4.78 is 0. The second-order valence-corrected chi connectivity index (χ2v) is 4.14. The fraction of sp³-hybridized carbons (Fsp3) is 0.625. The van der Waals surface area contributed by atoms with Gasteiger partial charge in [0.15, 0.2) is 0 Å². The topological polar surface area (TPSA) is 38.9 Å². The van der Waals surface area contributed by atoms with E-state index in [9.17, 15) is 0 Å². The Morgan fingerprint density at radius 2 is 2.45 bits per heavy atom. The number of aromatic nitrogens is 1. The molecule has 11 heavy (non-hydrogen) atoms. The van der Waals surface area contributed by atoms with Crippen molar-refractivity contribution in [3.05, 3.63) is 16.1 Å². The Hall–Kier alpha value is -0.410. The van der Waals surface area contributed by atoms with Crippen molar-refractivity contribution in [2.24, 2.45) is 5.73 Å². The smallest absolute Gasteiger partial charge is 0.106 e. The standard InChI is InChI=1S/C8H12N2S/c9-4-8-10-5-7(11-8)6-2-1-3-6/h5-6H,1-4,9H2. The van der Waals surface area contributed by atoms with Gasteiger partial charge in [-0.1, -0.05) is 6.42 Å². The fourth-order valence-corrected chi connectivity index (χ4v) is 2.27. The molecule has 0 spiro atoms. The molecule has 0 amide bonds. The highest BCUT2D eigenvalue weighted by atomic mass is 32.1. The third-order valence-corrected chi connectivity index (χ3v) is 3.44. The van der Waals surface area contributed by atoms with Crippen LogP contribution in [0.1, 0.15) is 35.1 Å². The van der Waals surface area contributed by atoms with Crippen LogP contribution in [0.15, 0.2) is 6.20 Å². The molecule has 0 bridgehead atoms. The molecule has 3 heteroatoms. The zero-order valence-electron chi connectivity index (χ0n) is 6.42. The number of hydrogen-bond donors (Lipinski definition) is 1. The molecule has 60 valence electrons. The van der Waals surface area contributed by atoms with Crippen molar-refractivity contribution in [1.82, 2.24) is 4.98 Å². The van der Waals surface area contributed by atoms with Gasteiger partial charge in [-0.05, 0) is 18.8 Å². The van der Waals surface area contributed by atoms with Crippen molar-refractivity contribution < 1.29 is 0 Å². The summed E-state index contributed by atoms with van der Waals surface area (Å²) in [6.07, 6.45) is 6.09. The summed E-state index contributed by atoms with van der Waals surface area (Å²) in [5, 5.41) is 1.08. The molecule has 2 rings (SSSR count). The van der Waals surface area contributed by atoms with Gasteiger partial charge in [0.05, 0.1) is 0 Å². The lowest BCUT2D eigenvalue weighted by molar-refractivity contribution is 0.425. The lowest BCUT2D eigenvalue weighted by Gasteiger charge is -2.23. The molecule has 1 fully saturated rings. The van der Waals surface area contributed by atoms with Crippen LogP contribution < -0.4 is 5.73 Å². The molecule has 0 aliphatic heterocycles. The van der Waals surface area contributed by atoms with Crippen LogP contribution in [0.25, 0.3) is 0 Å². The van der Waals surface area contributed by atoms with Gasteiger partial charge in [-0.3, -0.25) is 0 Å². The SMILES string of the molecule is NCc1ncc(C2CCC2)s1. The number of nitrogens with zero attached hydrogens (tertiary/aromatic N) is 1. The van der Waals surface area contributed by atoms with Crippen molar-refractivity contribution >= 4 is 11.3 Å². The summed E-state index contributed by atoms with van der Waals surface area (Å²) in [6, 6.07) is 0. The van der Waals surface area contributed by atoms with Crippen LogP contribution in [0.4, 0.5) is 0 Å². The first kappa shape index (κ1) is 7.25. The average molecular weight is 168 g/mol. The lowest BCUT2D eigenvalue weighted by atomic mass is 9.85. The minimum absolute atomic E-state index is 0.595. The van der Waals surface area contributed by atoms with Gasteiger partial charge in [0.2, 0.25) is 0 Å². The fourth-order valence-electron chi connectivity index (χ4n) is 1.30. The summed E-state index contributed by atoms with van der Waals surface area (Å²) in [5.41, 5.74) is 5.47. The van der Waals surface area contributed by atoms with Crippen molar-refractivity contribution in [1.29, 1.82) is 0 Å². The highest BCUT2D eigenvalue weighted by Gasteiger charge is 2.21. The van der Waals surface area contributed by atoms with Crippen LogP contribution in [0.2, 0.25) is 0 Å². The highest BCUT2D eigenvalue weighted by Crippen LogP contribution is 2.38. The summed E-state index contributed by atoms with van der Waals surface area (Å²) in [5.74, 6) is 0.813. The quantitative estimate of drug-likeness (QED) is 0.732. The zero-order chi connectivity index (χ0) is 7.68. The summed E-state index contributed by atoms with van der Waals surface area (Å²) >= 11 is 1.78. The minimum atomic E-state index is 0.595. The van der Waals surface area contributed by atoms with Gasteiger partial charge < -0.3 is 5.73 Å². The van der Waals surface area contributed by atoms with E-state index in [2.05, 4.69) is 4.98 Å². The molecular formula is C8H12N2S. The van der Waals surface area contributed by atoms with Crippen LogP contribution in [0, 0.1) is 0 Å². The lowest BCUT2D eigenvalue weighted by Crippen LogP contribution is -2.06. The van der Waals surface area contributed by atoms with E-state index < -0.39 is 0 Å². The molecule has 1 saturated carbocycles. The molecule has 0 atom stereocenters. The van der Waals surface area contributed by atoms with E-state index in [0.29, 0.717) is 6.54 Å². The molecule has 2 N–H and O–H groups in total. The first-order valence-corrected chi connectivity index (χ1v) is 4.86. The van der Waals surface area contributed by atoms with Crippen LogP contribution >= 0.6 is 11.3 Å². The monoisotopic (exact) mass is 168 g/mol. The van der Waals surface area contributed by atoms with Crippen molar-refractivity contribution in [2.45, 2.75) is 31.7 Å². The Kier molecular flexibility index (Phi) is 1.92. The van der Waals surface area contributed by atoms with E-state index in [1.54, 1.807) is 11.3 Å². The Morgan fingerprint density at radius 1 is 1.64 bits per heavy atom. The molecule has 1 aliphatic carbocycles. The minimum Gasteiger partial charge on any atom is -0.325 e. The van der Waals surface area contributed by atoms with E-state index >= 15 is 0 Å². The Morgan fingerprint density at radius 3 is 2.91 bits per heavy atom. The van der Waals surface area contributed by atoms with Crippen LogP contribution in [0.5, 0.6) is 0 Å². The van der Waals surface area contributed by atoms with Crippen LogP contribution in [-0.2, 0) is 6.54 Å². The van der Waals surface area contributed by atoms with Gasteiger partial charge in [0.1, 0.15) is 5.01 Å². The second kappa shape index (κ2) is 2.91. The van der Waals surface area contributed by atoms with E-state index in [-0.39, 0.29) is 0 Å². The molecule has 1 aromatic rings. The van der Waals surface area contributed by atoms with E-state index in [4.69, 9.17) is 5.73 Å². The maximum absolute atomic E-state index is 5.47. The number of thiazole rings is 1. The maximum atomic E-state index is 5.47. The van der Waals surface area contributed by atoms with Crippen LogP contribution in [-0.4, -0.2) is 4.98 Å². The second-order valence-electron chi connectivity index (χ2n) is 2.99. The molecule has 1 aliphatic rings. The molecular weight excluding hydrogens is 156 g/mol. The summed E-state index contributed by atoms with van der Waals surface area (Å²) in [4.78, 5) is 5.67. The predicted molar refractivity (Wildman–Crippen MR) is 46.6 cm³/mol. The Bertz CT molecular complexity index is 240. The maximum Gasteiger partial charge on any atom is 0.106 e. The first-order chi connectivity index (χ1) is 5.40. The molecule has 1 aromatic heterocycles. The van der Waals surface area contributed by atoms with Gasteiger partial charge in [-0.2, -0.15) is 0 Å². The summed E-state index contributed by atoms with van der Waals surface area (Å²) in [6.45, 7) is 0.595. The normalized spacial score (nSPS) is 18.3. The first-order valence-electron chi connectivity index (χ1n) is 4.05. The van der Waals surface area contributed by atoms with Gasteiger partial charge in [-0.25, -0.2) is 4.98 Å². The average Bonchev–Trinajstić information content (AvgIpc) is 2.32. The van der Waals surface area contributed by atoms with Gasteiger partial charge >= 0.3 is 0 Å². The predicted octanol–water partition coefficient (Wildman–Crippen LogP) is 1.87. The molecule has 2 nitrogen and oxygen atoms in total. The zero-order valence-corrected chi connectivity index (χ0v) is 7.23. The number of nitrogens with two attached hydrogens (primary N) is 1. The van der Waals surface area contributed by atoms with E-state index in [0.717, 1.165) is 10.9 Å². The third-order valence-electron chi connectivity index (χ3n) is 2.25. The molecule has 0 aromatic carbocycles. The van der Waals surface area contributed by atoms with Gasteiger partial charge in [0, 0.05) is 17.6 Å². The number of hydrogen-bond acceptors (Lipinski definition) is 3. The van der Waals surface area contributed by atoms with E-state index in [1.807, 2.05) is 6.20 Å². The summed E-state index contributed by atoms with van der Waals surface area (Å²) in [7, 11) is 0. The molecule has 0 radical (unpaired) electrons. The van der Waals surface area contributed by atoms with Gasteiger partial charge in [-0.15, -0.1) is 11.3 Å². The molecule has 0 unspecified atom stereocenters. The Labute approximate surface area is 70.5 Å². The largest absolute Gasteiger partial charge is 0.325 e. The van der Waals surface area contributed by atoms with Gasteiger partial charge in [0.25, 0.3) is 0 Å². The molecule has 0 saturated heterocycles. The van der Waals surface area contributed by atoms with Crippen molar-refractivity contribution in [3.63, 3.8) is 0 Å². The van der Waals surface area contributed by atoms with Crippen LogP contribution in [0.3, 0.4) is 0 Å². The Balaban J connectivity index is 2.11. The van der Waals surface area contributed by atoms with Crippen molar-refractivity contribution in [2.75, 3.05) is 0 Å². The highest BCUT2D eigenvalue weighted by molar-refractivity contribution is 7.11.